The van der Waals surface area contributed by atoms with E-state index in [-0.39, 0.29) is 6.09 Å². The van der Waals surface area contributed by atoms with Crippen LogP contribution in [0.2, 0.25) is 0 Å². The fourth-order valence-electron chi connectivity index (χ4n) is 4.35. The third-order valence-corrected chi connectivity index (χ3v) is 6.32. The molecule has 0 saturated carbocycles. The molecule has 26 heavy (non-hydrogen) atoms. The number of rotatable bonds is 5. The summed E-state index contributed by atoms with van der Waals surface area (Å²) in [6.07, 6.45) is 6.12. The van der Waals surface area contributed by atoms with Crippen molar-refractivity contribution in [2.75, 3.05) is 32.7 Å². The van der Waals surface area contributed by atoms with Gasteiger partial charge < -0.3 is 19.6 Å². The van der Waals surface area contributed by atoms with Gasteiger partial charge in [0.2, 0.25) is 0 Å². The van der Waals surface area contributed by atoms with Crippen LogP contribution in [0.15, 0.2) is 0 Å². The Morgan fingerprint density at radius 3 is 1.85 bits per heavy atom. The minimum atomic E-state index is -0.522. The van der Waals surface area contributed by atoms with Crippen LogP contribution in [0.5, 0.6) is 0 Å². The van der Waals surface area contributed by atoms with Crippen molar-refractivity contribution in [1.29, 1.82) is 0 Å². The van der Waals surface area contributed by atoms with Crippen LogP contribution in [0, 0.1) is 11.8 Å². The van der Waals surface area contributed by atoms with E-state index in [9.17, 15) is 9.90 Å². The van der Waals surface area contributed by atoms with Crippen LogP contribution in [0.4, 0.5) is 4.79 Å². The van der Waals surface area contributed by atoms with Crippen LogP contribution in [-0.4, -0.2) is 64.9 Å². The molecule has 0 aromatic rings. The topological polar surface area (TPSA) is 53.0 Å². The van der Waals surface area contributed by atoms with Crippen molar-refractivity contribution < 1.29 is 14.6 Å². The molecule has 2 aliphatic rings. The van der Waals surface area contributed by atoms with E-state index in [1.54, 1.807) is 0 Å². The first-order valence-electron chi connectivity index (χ1n) is 10.6. The van der Waals surface area contributed by atoms with Gasteiger partial charge in [-0.15, -0.1) is 0 Å². The number of nitrogens with zero attached hydrogens (tertiary/aromatic N) is 2. The average molecular weight is 369 g/mol. The van der Waals surface area contributed by atoms with Gasteiger partial charge in [0.05, 0.1) is 5.60 Å². The molecule has 0 aromatic heterocycles. The monoisotopic (exact) mass is 368 g/mol. The molecule has 1 amide bonds. The molecule has 5 nitrogen and oxygen atoms in total. The normalized spacial score (nSPS) is 21.8. The predicted molar refractivity (Wildman–Crippen MR) is 105 cm³/mol. The van der Waals surface area contributed by atoms with Gasteiger partial charge in [-0.05, 0) is 84.2 Å². The number of piperidine rings is 2. The molecule has 0 unspecified atom stereocenters. The van der Waals surface area contributed by atoms with E-state index in [1.165, 1.54) is 12.8 Å². The molecule has 2 heterocycles. The molecule has 1 N–H and O–H groups in total. The van der Waals surface area contributed by atoms with E-state index in [0.717, 1.165) is 70.2 Å². The maximum atomic E-state index is 12.2. The van der Waals surface area contributed by atoms with Crippen LogP contribution in [0.3, 0.4) is 0 Å². The molecule has 0 spiro atoms. The van der Waals surface area contributed by atoms with E-state index >= 15 is 0 Å². The fourth-order valence-corrected chi connectivity index (χ4v) is 4.35. The van der Waals surface area contributed by atoms with Gasteiger partial charge in [-0.2, -0.15) is 0 Å². The number of ether oxygens (including phenoxy) is 1. The summed E-state index contributed by atoms with van der Waals surface area (Å²) in [5, 5.41) is 10.6. The fraction of sp³-hybridized carbons (Fsp3) is 0.952. The SMILES string of the molecule is CCC(O)(CC)CN1CCC(C2CCN(C(=O)OC(C)(C)C)CC2)CC1. The van der Waals surface area contributed by atoms with Gasteiger partial charge in [-0.25, -0.2) is 4.79 Å². The van der Waals surface area contributed by atoms with E-state index in [1.807, 2.05) is 25.7 Å². The lowest BCUT2D eigenvalue weighted by Gasteiger charge is -2.42. The Bertz CT molecular complexity index is 441. The zero-order chi connectivity index (χ0) is 19.4. The maximum Gasteiger partial charge on any atom is 0.410 e. The summed E-state index contributed by atoms with van der Waals surface area (Å²) >= 11 is 0. The number of carbonyl (C=O) groups is 1. The molecule has 2 rings (SSSR count). The lowest BCUT2D eigenvalue weighted by Crippen LogP contribution is -2.47. The Kier molecular flexibility index (Phi) is 7.37. The smallest absolute Gasteiger partial charge is 0.410 e. The molecule has 0 bridgehead atoms. The minimum absolute atomic E-state index is 0.163. The molecule has 5 heteroatoms. The van der Waals surface area contributed by atoms with Crippen molar-refractivity contribution in [2.24, 2.45) is 11.8 Å². The third kappa shape index (κ3) is 6.12. The molecule has 2 fully saturated rings. The molecule has 0 aliphatic carbocycles. The molecular formula is C21H40N2O3. The quantitative estimate of drug-likeness (QED) is 0.800. The van der Waals surface area contributed by atoms with Crippen LogP contribution in [0.1, 0.15) is 73.1 Å². The van der Waals surface area contributed by atoms with Crippen molar-refractivity contribution in [3.8, 4) is 0 Å². The summed E-state index contributed by atoms with van der Waals surface area (Å²) in [5.41, 5.74) is -0.939. The number of hydrogen-bond donors (Lipinski definition) is 1. The van der Waals surface area contributed by atoms with Gasteiger partial charge in [-0.1, -0.05) is 13.8 Å². The van der Waals surface area contributed by atoms with Crippen LogP contribution in [-0.2, 0) is 4.74 Å². The number of hydrogen-bond acceptors (Lipinski definition) is 4. The van der Waals surface area contributed by atoms with Crippen LogP contribution in [0.25, 0.3) is 0 Å². The first kappa shape index (κ1) is 21.5. The molecule has 0 atom stereocenters. The van der Waals surface area contributed by atoms with Gasteiger partial charge in [0.15, 0.2) is 0 Å². The van der Waals surface area contributed by atoms with Gasteiger partial charge >= 0.3 is 6.09 Å². The first-order chi connectivity index (χ1) is 12.2. The second kappa shape index (κ2) is 8.92. The van der Waals surface area contributed by atoms with Gasteiger partial charge in [0.25, 0.3) is 0 Å². The zero-order valence-corrected chi connectivity index (χ0v) is 17.6. The highest BCUT2D eigenvalue weighted by Crippen LogP contribution is 2.33. The van der Waals surface area contributed by atoms with Crippen molar-refractivity contribution >= 4 is 6.09 Å². The predicted octanol–water partition coefficient (Wildman–Crippen LogP) is 3.90. The van der Waals surface area contributed by atoms with Gasteiger partial charge in [0.1, 0.15) is 5.60 Å². The van der Waals surface area contributed by atoms with Crippen LogP contribution >= 0.6 is 0 Å². The second-order valence-electron chi connectivity index (χ2n) is 9.35. The van der Waals surface area contributed by atoms with E-state index < -0.39 is 11.2 Å². The first-order valence-corrected chi connectivity index (χ1v) is 10.6. The summed E-state index contributed by atoms with van der Waals surface area (Å²) in [6, 6.07) is 0. The number of carbonyl (C=O) groups excluding carboxylic acids is 1. The summed E-state index contributed by atoms with van der Waals surface area (Å²) in [5.74, 6) is 1.50. The maximum absolute atomic E-state index is 12.2. The van der Waals surface area contributed by atoms with Gasteiger partial charge in [-0.3, -0.25) is 0 Å². The molecular weight excluding hydrogens is 328 g/mol. The Hall–Kier alpha value is -0.810. The highest BCUT2D eigenvalue weighted by Gasteiger charge is 2.34. The second-order valence-corrected chi connectivity index (χ2v) is 9.35. The lowest BCUT2D eigenvalue weighted by atomic mass is 9.78. The molecule has 2 aliphatic heterocycles. The Morgan fingerprint density at radius 1 is 0.962 bits per heavy atom. The van der Waals surface area contributed by atoms with E-state index in [4.69, 9.17) is 4.74 Å². The third-order valence-electron chi connectivity index (χ3n) is 6.32. The minimum Gasteiger partial charge on any atom is -0.444 e. The number of aliphatic hydroxyl groups is 1. The summed E-state index contributed by atoms with van der Waals surface area (Å²) < 4.78 is 5.50. The van der Waals surface area contributed by atoms with Crippen LogP contribution < -0.4 is 0 Å². The standard InChI is InChI=1S/C21H40N2O3/c1-6-21(25,7-2)16-22-12-8-17(9-13-22)18-10-14-23(15-11-18)19(24)26-20(3,4)5/h17-18,25H,6-16H2,1-5H3. The van der Waals surface area contributed by atoms with E-state index in [0.29, 0.717) is 0 Å². The largest absolute Gasteiger partial charge is 0.444 e. The lowest BCUT2D eigenvalue weighted by molar-refractivity contribution is -0.0169. The van der Waals surface area contributed by atoms with Crippen molar-refractivity contribution in [3.63, 3.8) is 0 Å². The zero-order valence-electron chi connectivity index (χ0n) is 17.6. The molecule has 0 aromatic carbocycles. The van der Waals surface area contributed by atoms with Crippen molar-refractivity contribution in [1.82, 2.24) is 9.80 Å². The Balaban J connectivity index is 1.74. The number of amides is 1. The highest BCUT2D eigenvalue weighted by molar-refractivity contribution is 5.68. The average Bonchev–Trinajstić information content (AvgIpc) is 2.61. The van der Waals surface area contributed by atoms with Gasteiger partial charge in [0, 0.05) is 19.6 Å². The summed E-state index contributed by atoms with van der Waals surface area (Å²) in [6.45, 7) is 14.6. The number of β-amino-alcohol motifs (C(OH)–C–C–N with tert-alkyl or cyclic N) is 1. The molecule has 2 saturated heterocycles. The number of likely N-dealkylation sites (tertiary alicyclic amines) is 2. The van der Waals surface area contributed by atoms with Crippen molar-refractivity contribution in [3.05, 3.63) is 0 Å². The summed E-state index contributed by atoms with van der Waals surface area (Å²) in [4.78, 5) is 16.5. The summed E-state index contributed by atoms with van der Waals surface area (Å²) in [7, 11) is 0. The van der Waals surface area contributed by atoms with E-state index in [2.05, 4.69) is 18.7 Å². The highest BCUT2D eigenvalue weighted by atomic mass is 16.6. The Morgan fingerprint density at radius 2 is 1.42 bits per heavy atom. The Labute approximate surface area is 160 Å². The van der Waals surface area contributed by atoms with Crippen molar-refractivity contribution in [2.45, 2.75) is 84.3 Å². The molecule has 152 valence electrons. The molecule has 0 radical (unpaired) electrons.